The van der Waals surface area contributed by atoms with Crippen molar-refractivity contribution in [2.24, 2.45) is 0 Å². The zero-order valence-electron chi connectivity index (χ0n) is 28.5. The lowest BCUT2D eigenvalue weighted by Gasteiger charge is -2.35. The van der Waals surface area contributed by atoms with Gasteiger partial charge in [0.25, 0.3) is 0 Å². The van der Waals surface area contributed by atoms with Crippen LogP contribution in [0.25, 0.3) is 22.3 Å². The molecule has 0 aromatic heterocycles. The van der Waals surface area contributed by atoms with Crippen molar-refractivity contribution >= 4 is 35.6 Å². The number of benzene rings is 4. The molecule has 4 aromatic rings. The quantitative estimate of drug-likeness (QED) is 0.151. The third-order valence-electron chi connectivity index (χ3n) is 8.90. The van der Waals surface area contributed by atoms with Crippen molar-refractivity contribution in [2.45, 2.75) is 12.8 Å². The molecule has 52 heavy (non-hydrogen) atoms. The molecule has 0 saturated carbocycles. The topological polar surface area (TPSA) is 134 Å². The van der Waals surface area contributed by atoms with Gasteiger partial charge in [-0.05, 0) is 33.4 Å². The molecule has 0 spiro atoms. The Morgan fingerprint density at radius 1 is 0.442 bits per heavy atom. The van der Waals surface area contributed by atoms with E-state index >= 15 is 0 Å². The highest BCUT2D eigenvalue weighted by atomic mass is 16.6. The van der Waals surface area contributed by atoms with Gasteiger partial charge in [-0.15, -0.1) is 0 Å². The largest absolute Gasteiger partial charge is 0.443 e. The highest BCUT2D eigenvalue weighted by Crippen LogP contribution is 2.21. The summed E-state index contributed by atoms with van der Waals surface area (Å²) < 4.78 is 10.5. The monoisotopic (exact) mass is 702 g/mol. The van der Waals surface area contributed by atoms with Gasteiger partial charge in [0.2, 0.25) is 23.6 Å². The van der Waals surface area contributed by atoms with Gasteiger partial charge in [-0.3, -0.25) is 38.6 Å². The van der Waals surface area contributed by atoms with Crippen LogP contribution in [0.4, 0.5) is 0 Å². The molecule has 12 heteroatoms. The van der Waals surface area contributed by atoms with Crippen LogP contribution in [0.15, 0.2) is 109 Å². The van der Waals surface area contributed by atoms with Gasteiger partial charge >= 0.3 is 11.9 Å². The van der Waals surface area contributed by atoms with E-state index in [2.05, 4.69) is 0 Å². The predicted molar refractivity (Wildman–Crippen MR) is 190 cm³/mol. The van der Waals surface area contributed by atoms with Crippen molar-refractivity contribution in [3.63, 3.8) is 0 Å². The second-order valence-corrected chi connectivity index (χ2v) is 12.6. The van der Waals surface area contributed by atoms with Gasteiger partial charge in [-0.1, -0.05) is 109 Å². The summed E-state index contributed by atoms with van der Waals surface area (Å²) in [6.45, 7) is -0.779. The van der Waals surface area contributed by atoms with E-state index in [0.717, 1.165) is 43.2 Å². The zero-order valence-corrected chi connectivity index (χ0v) is 28.5. The van der Waals surface area contributed by atoms with Gasteiger partial charge in [-0.25, -0.2) is 9.80 Å². The average Bonchev–Trinajstić information content (AvgIpc) is 3.14. The van der Waals surface area contributed by atoms with Gasteiger partial charge in [0.1, 0.15) is 0 Å². The molecule has 4 aromatic carbocycles. The Bertz CT molecular complexity index is 1740. The number of rotatable bonds is 13. The predicted octanol–water partition coefficient (Wildman–Crippen LogP) is 3.15. The summed E-state index contributed by atoms with van der Waals surface area (Å²) in [7, 11) is 0. The van der Waals surface area contributed by atoms with Crippen LogP contribution in [0.3, 0.4) is 0 Å². The Hall–Kier alpha value is -5.98. The zero-order chi connectivity index (χ0) is 36.5. The fourth-order valence-electron chi connectivity index (χ4n) is 5.98. The van der Waals surface area contributed by atoms with Gasteiger partial charge in [0.05, 0.1) is 39.0 Å². The number of imide groups is 2. The first-order chi connectivity index (χ1) is 25.2. The Kier molecular flexibility index (Phi) is 11.6. The number of piperazine rings is 2. The maximum absolute atomic E-state index is 12.8. The van der Waals surface area contributed by atoms with E-state index in [1.54, 1.807) is 9.80 Å². The van der Waals surface area contributed by atoms with Crippen molar-refractivity contribution in [2.75, 3.05) is 52.7 Å². The first kappa shape index (κ1) is 35.8. The molecule has 0 atom stereocenters. The normalized spacial score (nSPS) is 15.5. The van der Waals surface area contributed by atoms with Gasteiger partial charge < -0.3 is 9.47 Å². The van der Waals surface area contributed by atoms with Crippen LogP contribution in [0.2, 0.25) is 0 Å². The molecule has 0 radical (unpaired) electrons. The maximum atomic E-state index is 12.8. The molecule has 0 aliphatic carbocycles. The summed E-state index contributed by atoms with van der Waals surface area (Å²) >= 11 is 0. The minimum absolute atomic E-state index is 0.00545. The summed E-state index contributed by atoms with van der Waals surface area (Å²) in [5.41, 5.74) is 5.64. The van der Waals surface area contributed by atoms with Crippen LogP contribution in [-0.2, 0) is 51.1 Å². The lowest BCUT2D eigenvalue weighted by molar-refractivity contribution is -0.166. The van der Waals surface area contributed by atoms with Crippen molar-refractivity contribution in [1.29, 1.82) is 0 Å². The van der Waals surface area contributed by atoms with Crippen LogP contribution in [0.1, 0.15) is 11.1 Å². The molecule has 2 aliphatic rings. The number of carbonyl (C=O) groups is 6. The van der Waals surface area contributed by atoms with E-state index in [1.807, 2.05) is 109 Å². The average molecular weight is 703 g/mol. The van der Waals surface area contributed by atoms with Crippen molar-refractivity contribution < 1.29 is 38.2 Å². The van der Waals surface area contributed by atoms with E-state index in [9.17, 15) is 28.8 Å². The summed E-state index contributed by atoms with van der Waals surface area (Å²) in [5, 5.41) is 0. The molecular formula is C40H38N4O8. The van der Waals surface area contributed by atoms with Crippen LogP contribution >= 0.6 is 0 Å². The van der Waals surface area contributed by atoms with Gasteiger partial charge in [0.15, 0.2) is 13.5 Å². The number of amides is 4. The minimum atomic E-state index is -0.562. The van der Waals surface area contributed by atoms with Crippen LogP contribution < -0.4 is 0 Å². The fraction of sp³-hybridized carbons (Fsp3) is 0.250. The highest BCUT2D eigenvalue weighted by molar-refractivity contribution is 6.00. The van der Waals surface area contributed by atoms with Gasteiger partial charge in [0, 0.05) is 13.1 Å². The van der Waals surface area contributed by atoms with E-state index < -0.39 is 49.0 Å². The third kappa shape index (κ3) is 9.42. The van der Waals surface area contributed by atoms with E-state index in [4.69, 9.17) is 9.47 Å². The number of esters is 2. The Morgan fingerprint density at radius 2 is 0.750 bits per heavy atom. The number of hydrogen-bond acceptors (Lipinski definition) is 10. The molecule has 0 N–H and O–H groups in total. The molecule has 2 saturated heterocycles. The Morgan fingerprint density at radius 3 is 1.08 bits per heavy atom. The van der Waals surface area contributed by atoms with Crippen LogP contribution in [0.5, 0.6) is 0 Å². The van der Waals surface area contributed by atoms with Crippen molar-refractivity contribution in [1.82, 2.24) is 19.6 Å². The first-order valence-corrected chi connectivity index (χ1v) is 16.9. The summed E-state index contributed by atoms with van der Waals surface area (Å²) in [6, 6.07) is 34.7. The SMILES string of the molecule is O=C(Cc1ccc(-c2ccccc2)cc1)OCN1C(=O)CN(CCN2CC(=O)N(COC(=O)Cc3ccc(-c4ccccc4)cc3)C(=O)C2)CC1=O. The molecule has 2 heterocycles. The van der Waals surface area contributed by atoms with Gasteiger partial charge in [-0.2, -0.15) is 0 Å². The standard InChI is InChI=1S/C40H38N4O8/c45-35-23-41(24-36(46)43(35)27-51-39(49)21-29-11-15-33(16-12-29)31-7-3-1-4-8-31)19-20-42-25-37(47)44(38(48)26-42)28-52-40(50)22-30-13-17-34(18-14-30)32-9-5-2-6-10-32/h1-18H,19-28H2. The highest BCUT2D eigenvalue weighted by Gasteiger charge is 2.34. The summed E-state index contributed by atoms with van der Waals surface area (Å²) in [5.74, 6) is -3.17. The fourth-order valence-corrected chi connectivity index (χ4v) is 5.98. The van der Waals surface area contributed by atoms with E-state index in [1.165, 1.54) is 0 Å². The van der Waals surface area contributed by atoms with Crippen molar-refractivity contribution in [3.8, 4) is 22.3 Å². The van der Waals surface area contributed by atoms with Crippen molar-refractivity contribution in [3.05, 3.63) is 120 Å². The molecule has 6 rings (SSSR count). The molecule has 2 fully saturated rings. The second-order valence-electron chi connectivity index (χ2n) is 12.6. The second kappa shape index (κ2) is 16.8. The third-order valence-corrected chi connectivity index (χ3v) is 8.90. The first-order valence-electron chi connectivity index (χ1n) is 16.9. The number of nitrogens with zero attached hydrogens (tertiary/aromatic N) is 4. The summed E-state index contributed by atoms with van der Waals surface area (Å²) in [4.78, 5) is 81.1. The number of hydrogen-bond donors (Lipinski definition) is 0. The minimum Gasteiger partial charge on any atom is -0.443 e. The maximum Gasteiger partial charge on any atom is 0.311 e. The lowest BCUT2D eigenvalue weighted by Crippen LogP contribution is -2.58. The molecule has 0 unspecified atom stereocenters. The number of carbonyl (C=O) groups excluding carboxylic acids is 6. The molecule has 12 nitrogen and oxygen atoms in total. The van der Waals surface area contributed by atoms with Crippen LogP contribution in [0, 0.1) is 0 Å². The number of ether oxygens (including phenoxy) is 2. The van der Waals surface area contributed by atoms with E-state index in [0.29, 0.717) is 0 Å². The summed E-state index contributed by atoms with van der Waals surface area (Å²) in [6.07, 6.45) is -0.0109. The Labute approximate surface area is 301 Å². The van der Waals surface area contributed by atoms with E-state index in [-0.39, 0.29) is 52.1 Å². The smallest absolute Gasteiger partial charge is 0.311 e. The van der Waals surface area contributed by atoms with Crippen LogP contribution in [-0.4, -0.2) is 108 Å². The lowest BCUT2D eigenvalue weighted by atomic mass is 10.0. The molecule has 0 bridgehead atoms. The molecule has 2 aliphatic heterocycles. The molecule has 4 amide bonds. The Balaban J connectivity index is 0.885. The molecular weight excluding hydrogens is 664 g/mol. The molecule has 266 valence electrons.